The normalized spacial score (nSPS) is 24.5. The van der Waals surface area contributed by atoms with E-state index in [1.165, 1.54) is 24.0 Å². The number of nitrogens with one attached hydrogen (secondary N) is 1. The first kappa shape index (κ1) is 28.4. The molecule has 0 aliphatic carbocycles. The lowest BCUT2D eigenvalue weighted by molar-refractivity contribution is -0.153. The lowest BCUT2D eigenvalue weighted by atomic mass is 9.93. The maximum atomic E-state index is 13.7. The van der Waals surface area contributed by atoms with Crippen LogP contribution in [-0.2, 0) is 30.3 Å². The molecule has 1 aromatic carbocycles. The summed E-state index contributed by atoms with van der Waals surface area (Å²) in [7, 11) is 2.78. The maximum absolute atomic E-state index is 13.7. The lowest BCUT2D eigenvalue weighted by Crippen LogP contribution is -2.59. The SMILES string of the molecule is COC(=O)[C@@H]1CC[C@@H]2CC[C@H](CO)C(NC(=O)[C@@H](Cc3ccccc3)N(C)C(=O)OC(C)(C)C)C(=O)N21. The van der Waals surface area contributed by atoms with Crippen LogP contribution in [0.1, 0.15) is 52.0 Å². The summed E-state index contributed by atoms with van der Waals surface area (Å²) in [6.45, 7) is 4.92. The van der Waals surface area contributed by atoms with Gasteiger partial charge in [0.25, 0.3) is 0 Å². The van der Waals surface area contributed by atoms with Gasteiger partial charge in [-0.15, -0.1) is 0 Å². The molecule has 0 bridgehead atoms. The Morgan fingerprint density at radius 2 is 1.78 bits per heavy atom. The van der Waals surface area contributed by atoms with Crippen LogP contribution in [0.3, 0.4) is 0 Å². The summed E-state index contributed by atoms with van der Waals surface area (Å²) in [5.41, 5.74) is 0.0702. The fourth-order valence-electron chi connectivity index (χ4n) is 5.13. The number of ether oxygens (including phenoxy) is 2. The van der Waals surface area contributed by atoms with Crippen molar-refractivity contribution in [2.45, 2.75) is 82.6 Å². The smallest absolute Gasteiger partial charge is 0.410 e. The van der Waals surface area contributed by atoms with Crippen molar-refractivity contribution in [1.82, 2.24) is 15.1 Å². The number of likely N-dealkylation sites (N-methyl/N-ethyl adjacent to an activating group) is 1. The maximum Gasteiger partial charge on any atom is 0.410 e. The topological polar surface area (TPSA) is 125 Å². The minimum atomic E-state index is -1.04. The number of nitrogens with zero attached hydrogens (tertiary/aromatic N) is 2. The van der Waals surface area contributed by atoms with Crippen molar-refractivity contribution >= 4 is 23.9 Å². The number of carbonyl (C=O) groups is 4. The van der Waals surface area contributed by atoms with Gasteiger partial charge < -0.3 is 24.8 Å². The average molecular weight is 518 g/mol. The molecule has 2 N–H and O–H groups in total. The van der Waals surface area contributed by atoms with E-state index in [2.05, 4.69) is 5.32 Å². The summed E-state index contributed by atoms with van der Waals surface area (Å²) in [5, 5.41) is 12.9. The highest BCUT2D eigenvalue weighted by atomic mass is 16.6. The number of aliphatic hydroxyl groups is 1. The summed E-state index contributed by atoms with van der Waals surface area (Å²) < 4.78 is 10.4. The highest BCUT2D eigenvalue weighted by molar-refractivity contribution is 5.94. The van der Waals surface area contributed by atoms with Crippen molar-refractivity contribution in [2.75, 3.05) is 20.8 Å². The number of fused-ring (bicyclic) bond motifs is 1. The molecule has 2 aliphatic rings. The van der Waals surface area contributed by atoms with Gasteiger partial charge in [-0.05, 0) is 52.0 Å². The van der Waals surface area contributed by atoms with Gasteiger partial charge in [-0.2, -0.15) is 0 Å². The van der Waals surface area contributed by atoms with Crippen LogP contribution in [0.15, 0.2) is 30.3 Å². The third-order valence-corrected chi connectivity index (χ3v) is 7.09. The number of hydrogen-bond acceptors (Lipinski definition) is 7. The van der Waals surface area contributed by atoms with Gasteiger partial charge >= 0.3 is 12.1 Å². The van der Waals surface area contributed by atoms with Crippen molar-refractivity contribution in [2.24, 2.45) is 5.92 Å². The molecule has 1 unspecified atom stereocenters. The number of hydrogen-bond donors (Lipinski definition) is 2. The van der Waals surface area contributed by atoms with Crippen LogP contribution >= 0.6 is 0 Å². The van der Waals surface area contributed by atoms with Crippen LogP contribution in [0.4, 0.5) is 4.79 Å². The molecule has 10 heteroatoms. The zero-order valence-electron chi connectivity index (χ0n) is 22.3. The van der Waals surface area contributed by atoms with Gasteiger partial charge in [0.15, 0.2) is 0 Å². The molecule has 0 saturated carbocycles. The second kappa shape index (κ2) is 11.9. The van der Waals surface area contributed by atoms with Crippen LogP contribution in [0.25, 0.3) is 0 Å². The highest BCUT2D eigenvalue weighted by Gasteiger charge is 2.48. The number of methoxy groups -OCH3 is 1. The molecule has 2 saturated heterocycles. The Morgan fingerprint density at radius 1 is 1.14 bits per heavy atom. The van der Waals surface area contributed by atoms with E-state index < -0.39 is 53.5 Å². The number of benzene rings is 1. The molecule has 0 spiro atoms. The molecule has 2 aliphatic heterocycles. The number of aliphatic hydroxyl groups excluding tert-OH is 1. The van der Waals surface area contributed by atoms with Gasteiger partial charge in [0.2, 0.25) is 11.8 Å². The van der Waals surface area contributed by atoms with E-state index in [1.54, 1.807) is 20.8 Å². The molecule has 0 radical (unpaired) electrons. The van der Waals surface area contributed by atoms with E-state index in [1.807, 2.05) is 30.3 Å². The third-order valence-electron chi connectivity index (χ3n) is 7.09. The van der Waals surface area contributed by atoms with Crippen molar-refractivity contribution in [1.29, 1.82) is 0 Å². The molecular formula is C27H39N3O7. The average Bonchev–Trinajstić information content (AvgIpc) is 3.23. The molecule has 2 fully saturated rings. The van der Waals surface area contributed by atoms with Crippen LogP contribution < -0.4 is 5.32 Å². The molecule has 0 aromatic heterocycles. The summed E-state index contributed by atoms with van der Waals surface area (Å²) in [6.07, 6.45) is 1.80. The van der Waals surface area contributed by atoms with E-state index in [0.29, 0.717) is 25.7 Å². The minimum Gasteiger partial charge on any atom is -0.467 e. The van der Waals surface area contributed by atoms with E-state index in [4.69, 9.17) is 9.47 Å². The Bertz CT molecular complexity index is 978. The molecule has 1 aromatic rings. The first-order chi connectivity index (χ1) is 17.5. The number of esters is 1. The first-order valence-corrected chi connectivity index (χ1v) is 12.8. The van der Waals surface area contributed by atoms with Crippen LogP contribution in [0, 0.1) is 5.92 Å². The molecule has 3 rings (SSSR count). The monoisotopic (exact) mass is 517 g/mol. The van der Waals surface area contributed by atoms with E-state index >= 15 is 0 Å². The van der Waals surface area contributed by atoms with Crippen LogP contribution in [0.5, 0.6) is 0 Å². The number of amides is 3. The van der Waals surface area contributed by atoms with E-state index in [0.717, 1.165) is 5.56 Å². The second-order valence-electron chi connectivity index (χ2n) is 10.8. The third kappa shape index (κ3) is 6.80. The van der Waals surface area contributed by atoms with E-state index in [9.17, 15) is 24.3 Å². The van der Waals surface area contributed by atoms with Crippen LogP contribution in [-0.4, -0.2) is 89.3 Å². The predicted molar refractivity (Wildman–Crippen MR) is 135 cm³/mol. The van der Waals surface area contributed by atoms with Crippen molar-refractivity contribution < 1.29 is 33.8 Å². The van der Waals surface area contributed by atoms with Gasteiger partial charge in [-0.3, -0.25) is 14.5 Å². The molecular weight excluding hydrogens is 478 g/mol. The molecule has 2 heterocycles. The molecule has 10 nitrogen and oxygen atoms in total. The summed E-state index contributed by atoms with van der Waals surface area (Å²) in [5.74, 6) is -1.97. The minimum absolute atomic E-state index is 0.155. The molecule has 37 heavy (non-hydrogen) atoms. The van der Waals surface area contributed by atoms with Crippen molar-refractivity contribution in [3.05, 3.63) is 35.9 Å². The van der Waals surface area contributed by atoms with Crippen molar-refractivity contribution in [3.8, 4) is 0 Å². The largest absolute Gasteiger partial charge is 0.467 e. The summed E-state index contributed by atoms with van der Waals surface area (Å²) in [4.78, 5) is 55.5. The standard InChI is InChI=1S/C27H39N3O7/c1-27(2,3)37-26(35)29(4)21(15-17-9-7-6-8-10-17)23(32)28-22-18(16-31)11-12-19-13-14-20(25(34)36-5)30(19)24(22)33/h6-10,18-22,31H,11-16H2,1-5H3,(H,28,32)/t18-,19+,20+,21-,22?/m1/s1. The predicted octanol–water partition coefficient (Wildman–Crippen LogP) is 1.88. The summed E-state index contributed by atoms with van der Waals surface area (Å²) in [6, 6.07) is 6.36. The van der Waals surface area contributed by atoms with E-state index in [-0.39, 0.29) is 19.1 Å². The Balaban J connectivity index is 1.88. The fourth-order valence-corrected chi connectivity index (χ4v) is 5.13. The zero-order valence-corrected chi connectivity index (χ0v) is 22.3. The zero-order chi connectivity index (χ0) is 27.3. The lowest BCUT2D eigenvalue weighted by Gasteiger charge is -2.34. The van der Waals surface area contributed by atoms with Crippen LogP contribution in [0.2, 0.25) is 0 Å². The van der Waals surface area contributed by atoms with Gasteiger partial charge in [0.05, 0.1) is 7.11 Å². The Hall–Kier alpha value is -3.14. The van der Waals surface area contributed by atoms with Gasteiger partial charge in [0.1, 0.15) is 23.7 Å². The van der Waals surface area contributed by atoms with Gasteiger partial charge in [-0.1, -0.05) is 30.3 Å². The molecule has 5 atom stereocenters. The second-order valence-corrected chi connectivity index (χ2v) is 10.8. The first-order valence-electron chi connectivity index (χ1n) is 12.8. The summed E-state index contributed by atoms with van der Waals surface area (Å²) >= 11 is 0. The Kier molecular flexibility index (Phi) is 9.17. The van der Waals surface area contributed by atoms with Gasteiger partial charge in [0, 0.05) is 32.0 Å². The number of rotatable bonds is 7. The molecule has 204 valence electrons. The Labute approximate surface area is 218 Å². The highest BCUT2D eigenvalue weighted by Crippen LogP contribution is 2.34. The fraction of sp³-hybridized carbons (Fsp3) is 0.630. The van der Waals surface area contributed by atoms with Crippen molar-refractivity contribution in [3.63, 3.8) is 0 Å². The molecule has 3 amide bonds. The quantitative estimate of drug-likeness (QED) is 0.529. The van der Waals surface area contributed by atoms with Gasteiger partial charge in [-0.25, -0.2) is 9.59 Å². The number of carbonyl (C=O) groups excluding carboxylic acids is 4. The Morgan fingerprint density at radius 3 is 2.38 bits per heavy atom.